The van der Waals surface area contributed by atoms with E-state index < -0.39 is 0 Å². The number of hydrogen-bond donors (Lipinski definition) is 2. The van der Waals surface area contributed by atoms with Gasteiger partial charge in [0.2, 0.25) is 0 Å². The van der Waals surface area contributed by atoms with Gasteiger partial charge in [-0.2, -0.15) is 5.10 Å². The molecular weight excluding hydrogens is 202 g/mol. The summed E-state index contributed by atoms with van der Waals surface area (Å²) in [5.41, 5.74) is 8.38. The van der Waals surface area contributed by atoms with Crippen LogP contribution in [-0.2, 0) is 13.0 Å². The van der Waals surface area contributed by atoms with E-state index in [0.29, 0.717) is 6.54 Å². The first-order chi connectivity index (χ1) is 7.74. The van der Waals surface area contributed by atoms with Gasteiger partial charge >= 0.3 is 0 Å². The number of aryl methyl sites for hydroxylation is 1. The van der Waals surface area contributed by atoms with E-state index in [9.17, 15) is 5.11 Å². The summed E-state index contributed by atoms with van der Waals surface area (Å²) in [4.78, 5) is 0. The zero-order valence-corrected chi connectivity index (χ0v) is 9.22. The lowest BCUT2D eigenvalue weighted by Gasteiger charge is -2.05. The fraction of sp³-hybridized carbons (Fsp3) is 0.250. The zero-order chi connectivity index (χ0) is 11.5. The third kappa shape index (κ3) is 1.92. The largest absolute Gasteiger partial charge is 0.508 e. The molecule has 1 heterocycles. The van der Waals surface area contributed by atoms with Crippen LogP contribution < -0.4 is 5.73 Å². The van der Waals surface area contributed by atoms with E-state index in [1.807, 2.05) is 16.8 Å². The molecular formula is C12H15N3O. The number of aromatic hydroxyl groups is 1. The summed E-state index contributed by atoms with van der Waals surface area (Å²) in [5, 5.41) is 13.8. The van der Waals surface area contributed by atoms with Crippen molar-refractivity contribution in [2.24, 2.45) is 5.73 Å². The average molecular weight is 217 g/mol. The molecule has 1 aromatic carbocycles. The second kappa shape index (κ2) is 4.37. The van der Waals surface area contributed by atoms with Gasteiger partial charge < -0.3 is 10.8 Å². The number of hydrogen-bond acceptors (Lipinski definition) is 3. The third-order valence-corrected chi connectivity index (χ3v) is 2.48. The van der Waals surface area contributed by atoms with Crippen molar-refractivity contribution in [1.82, 2.24) is 9.78 Å². The number of rotatable bonds is 3. The first kappa shape index (κ1) is 10.7. The van der Waals surface area contributed by atoms with Gasteiger partial charge in [0.25, 0.3) is 0 Å². The van der Waals surface area contributed by atoms with Crippen molar-refractivity contribution in [1.29, 1.82) is 0 Å². The number of phenols is 1. The second-order valence-electron chi connectivity index (χ2n) is 3.62. The molecule has 0 aliphatic rings. The van der Waals surface area contributed by atoms with Crippen molar-refractivity contribution >= 4 is 0 Å². The predicted octanol–water partition coefficient (Wildman–Crippen LogP) is 1.60. The normalized spacial score (nSPS) is 10.6. The van der Waals surface area contributed by atoms with Gasteiger partial charge in [0.1, 0.15) is 5.75 Å². The molecule has 1 aromatic heterocycles. The molecule has 4 nitrogen and oxygen atoms in total. The molecule has 2 rings (SSSR count). The predicted molar refractivity (Wildman–Crippen MR) is 62.5 cm³/mol. The summed E-state index contributed by atoms with van der Waals surface area (Å²) in [6.45, 7) is 2.50. The van der Waals surface area contributed by atoms with Crippen molar-refractivity contribution in [3.05, 3.63) is 41.7 Å². The number of nitrogens with two attached hydrogens (primary N) is 1. The Morgan fingerprint density at radius 1 is 1.38 bits per heavy atom. The lowest BCUT2D eigenvalue weighted by Crippen LogP contribution is -2.02. The fourth-order valence-electron chi connectivity index (χ4n) is 1.67. The molecule has 2 aromatic rings. The lowest BCUT2D eigenvalue weighted by atomic mass is 10.2. The molecule has 0 bridgehead atoms. The summed E-state index contributed by atoms with van der Waals surface area (Å²) >= 11 is 0. The molecule has 0 aliphatic carbocycles. The van der Waals surface area contributed by atoms with Crippen LogP contribution in [0.4, 0.5) is 0 Å². The average Bonchev–Trinajstić information content (AvgIpc) is 2.72. The molecule has 0 amide bonds. The van der Waals surface area contributed by atoms with Gasteiger partial charge in [-0.05, 0) is 24.6 Å². The van der Waals surface area contributed by atoms with E-state index in [1.165, 1.54) is 0 Å². The van der Waals surface area contributed by atoms with Gasteiger partial charge in [-0.1, -0.05) is 13.0 Å². The van der Waals surface area contributed by atoms with Crippen molar-refractivity contribution < 1.29 is 5.11 Å². The maximum Gasteiger partial charge on any atom is 0.117 e. The zero-order valence-electron chi connectivity index (χ0n) is 9.22. The smallest absolute Gasteiger partial charge is 0.117 e. The first-order valence-corrected chi connectivity index (χ1v) is 5.32. The van der Waals surface area contributed by atoms with Crippen molar-refractivity contribution in [3.63, 3.8) is 0 Å². The van der Waals surface area contributed by atoms with Crippen molar-refractivity contribution in [2.45, 2.75) is 19.9 Å². The molecule has 0 aliphatic heterocycles. The van der Waals surface area contributed by atoms with Crippen molar-refractivity contribution in [3.8, 4) is 11.4 Å². The Balaban J connectivity index is 2.50. The SMILES string of the molecule is CCc1cc(CN)nn1-c1cccc(O)c1. The van der Waals surface area contributed by atoms with E-state index in [1.54, 1.807) is 18.2 Å². The summed E-state index contributed by atoms with van der Waals surface area (Å²) in [6, 6.07) is 9.03. The van der Waals surface area contributed by atoms with Gasteiger partial charge in [0.15, 0.2) is 0 Å². The molecule has 0 saturated heterocycles. The monoisotopic (exact) mass is 217 g/mol. The molecule has 3 N–H and O–H groups in total. The minimum atomic E-state index is 0.240. The Labute approximate surface area is 94.3 Å². The summed E-state index contributed by atoms with van der Waals surface area (Å²) in [6.07, 6.45) is 0.878. The van der Waals surface area contributed by atoms with Gasteiger partial charge in [0.05, 0.1) is 11.4 Å². The van der Waals surface area contributed by atoms with Crippen LogP contribution in [0.2, 0.25) is 0 Å². The van der Waals surface area contributed by atoms with Crippen molar-refractivity contribution in [2.75, 3.05) is 0 Å². The van der Waals surface area contributed by atoms with Gasteiger partial charge in [-0.25, -0.2) is 4.68 Å². The topological polar surface area (TPSA) is 64.1 Å². The van der Waals surface area contributed by atoms with E-state index >= 15 is 0 Å². The van der Waals surface area contributed by atoms with Crippen LogP contribution in [0.25, 0.3) is 5.69 Å². The molecule has 0 saturated carbocycles. The molecule has 0 spiro atoms. The van der Waals surface area contributed by atoms with Gasteiger partial charge in [0, 0.05) is 18.3 Å². The Hall–Kier alpha value is -1.81. The Morgan fingerprint density at radius 3 is 2.81 bits per heavy atom. The maximum atomic E-state index is 9.44. The fourth-order valence-corrected chi connectivity index (χ4v) is 1.67. The van der Waals surface area contributed by atoms with E-state index in [4.69, 9.17) is 5.73 Å². The molecule has 4 heteroatoms. The van der Waals surface area contributed by atoms with Crippen LogP contribution >= 0.6 is 0 Å². The highest BCUT2D eigenvalue weighted by Gasteiger charge is 2.07. The van der Waals surface area contributed by atoms with Crippen LogP contribution in [0.15, 0.2) is 30.3 Å². The quantitative estimate of drug-likeness (QED) is 0.820. The summed E-state index contributed by atoms with van der Waals surface area (Å²) in [7, 11) is 0. The number of nitrogens with zero attached hydrogens (tertiary/aromatic N) is 2. The number of benzene rings is 1. The van der Waals surface area contributed by atoms with Gasteiger partial charge in [-0.3, -0.25) is 0 Å². The van der Waals surface area contributed by atoms with E-state index in [-0.39, 0.29) is 5.75 Å². The van der Waals surface area contributed by atoms with Gasteiger partial charge in [-0.15, -0.1) is 0 Å². The van der Waals surface area contributed by atoms with E-state index in [2.05, 4.69) is 12.0 Å². The van der Waals surface area contributed by atoms with Crippen LogP contribution in [0.3, 0.4) is 0 Å². The molecule has 0 fully saturated rings. The Bertz CT molecular complexity index is 491. The number of phenolic OH excluding ortho intramolecular Hbond substituents is 1. The van der Waals surface area contributed by atoms with Crippen LogP contribution in [-0.4, -0.2) is 14.9 Å². The Kier molecular flexibility index (Phi) is 2.92. The third-order valence-electron chi connectivity index (χ3n) is 2.48. The van der Waals surface area contributed by atoms with Crippen LogP contribution in [0.1, 0.15) is 18.3 Å². The molecule has 16 heavy (non-hydrogen) atoms. The first-order valence-electron chi connectivity index (χ1n) is 5.32. The van der Waals surface area contributed by atoms with Crippen LogP contribution in [0.5, 0.6) is 5.75 Å². The minimum absolute atomic E-state index is 0.240. The minimum Gasteiger partial charge on any atom is -0.508 e. The number of aromatic nitrogens is 2. The second-order valence-corrected chi connectivity index (χ2v) is 3.62. The highest BCUT2D eigenvalue weighted by atomic mass is 16.3. The van der Waals surface area contributed by atoms with Crippen LogP contribution in [0, 0.1) is 0 Å². The maximum absolute atomic E-state index is 9.44. The standard InChI is InChI=1S/C12H15N3O/c1-2-10-6-9(8-13)14-15(10)11-4-3-5-12(16)7-11/h3-7,16H,2,8,13H2,1H3. The molecule has 0 unspecified atom stereocenters. The highest BCUT2D eigenvalue weighted by molar-refractivity contribution is 5.39. The Morgan fingerprint density at radius 2 is 2.19 bits per heavy atom. The lowest BCUT2D eigenvalue weighted by molar-refractivity contribution is 0.474. The molecule has 84 valence electrons. The van der Waals surface area contributed by atoms with E-state index in [0.717, 1.165) is 23.5 Å². The molecule has 0 radical (unpaired) electrons. The summed E-state index contributed by atoms with van der Waals surface area (Å²) < 4.78 is 1.82. The summed E-state index contributed by atoms with van der Waals surface area (Å²) in [5.74, 6) is 0.240. The highest BCUT2D eigenvalue weighted by Crippen LogP contribution is 2.17. The molecule has 0 atom stereocenters.